The van der Waals surface area contributed by atoms with Crippen molar-refractivity contribution in [3.63, 3.8) is 0 Å². The lowest BCUT2D eigenvalue weighted by atomic mass is 10.0. The molecule has 0 unspecified atom stereocenters. The first-order valence-electron chi connectivity index (χ1n) is 9.86. The number of carbonyl (C=O) groups is 2. The number of halogens is 1. The fourth-order valence-corrected chi connectivity index (χ4v) is 3.67. The van der Waals surface area contributed by atoms with E-state index in [1.54, 1.807) is 18.2 Å². The molecule has 29 heavy (non-hydrogen) atoms. The van der Waals surface area contributed by atoms with Crippen LogP contribution in [0.1, 0.15) is 12.8 Å². The summed E-state index contributed by atoms with van der Waals surface area (Å²) in [4.78, 5) is 27.8. The van der Waals surface area contributed by atoms with Crippen LogP contribution in [-0.2, 0) is 14.3 Å². The molecule has 0 radical (unpaired) electrons. The number of benzene rings is 1. The molecule has 7 nitrogen and oxygen atoms in total. The summed E-state index contributed by atoms with van der Waals surface area (Å²) in [5.74, 6) is -0.531. The Kier molecular flexibility index (Phi) is 5.80. The van der Waals surface area contributed by atoms with E-state index in [2.05, 4.69) is 5.32 Å². The average Bonchev–Trinajstić information content (AvgIpc) is 3.13. The summed E-state index contributed by atoms with van der Waals surface area (Å²) >= 11 is 0. The SMILES string of the molecule is O=C(NC[C@H]1CN(c2ccc(N3CCOCC3)c(F)c2)C(=O)O1)C1=CC=CCC1. The van der Waals surface area contributed by atoms with Crippen molar-refractivity contribution in [1.82, 2.24) is 5.32 Å². The van der Waals surface area contributed by atoms with Crippen molar-refractivity contribution in [2.75, 3.05) is 49.2 Å². The van der Waals surface area contributed by atoms with Crippen LogP contribution in [0.15, 0.2) is 42.0 Å². The number of amides is 2. The van der Waals surface area contributed by atoms with Gasteiger partial charge in [0.1, 0.15) is 11.9 Å². The number of hydrogen-bond donors (Lipinski definition) is 1. The molecule has 4 rings (SSSR count). The van der Waals surface area contributed by atoms with Crippen molar-refractivity contribution >= 4 is 23.4 Å². The number of carbonyl (C=O) groups excluding carboxylic acids is 2. The predicted octanol–water partition coefficient (Wildman–Crippen LogP) is 2.38. The predicted molar refractivity (Wildman–Crippen MR) is 107 cm³/mol. The van der Waals surface area contributed by atoms with Crippen LogP contribution >= 0.6 is 0 Å². The fourth-order valence-electron chi connectivity index (χ4n) is 3.67. The molecule has 2 aliphatic heterocycles. The summed E-state index contributed by atoms with van der Waals surface area (Å²) in [6.07, 6.45) is 6.20. The largest absolute Gasteiger partial charge is 0.442 e. The number of ether oxygens (including phenoxy) is 2. The highest BCUT2D eigenvalue weighted by atomic mass is 19.1. The van der Waals surface area contributed by atoms with Crippen molar-refractivity contribution in [3.05, 3.63) is 47.8 Å². The zero-order chi connectivity index (χ0) is 20.2. The third kappa shape index (κ3) is 4.42. The lowest BCUT2D eigenvalue weighted by Gasteiger charge is -2.29. The fraction of sp³-hybridized carbons (Fsp3) is 0.429. The number of nitrogens with zero attached hydrogens (tertiary/aromatic N) is 2. The first-order chi connectivity index (χ1) is 14.1. The van der Waals surface area contributed by atoms with Gasteiger partial charge in [-0.2, -0.15) is 0 Å². The molecule has 0 saturated carbocycles. The van der Waals surface area contributed by atoms with Crippen LogP contribution in [0.4, 0.5) is 20.6 Å². The standard InChI is InChI=1S/C21H24FN3O4/c22-18-12-16(6-7-19(18)24-8-10-28-11-9-24)25-14-17(29-21(25)27)13-23-20(26)15-4-2-1-3-5-15/h1-2,4,6-7,12,17H,3,5,8-11,13-14H2,(H,23,26)/t17-/m0/s1. The second-order valence-electron chi connectivity index (χ2n) is 7.22. The van der Waals surface area contributed by atoms with E-state index in [0.717, 1.165) is 12.0 Å². The molecule has 1 aromatic rings. The summed E-state index contributed by atoms with van der Waals surface area (Å²) in [6.45, 7) is 2.89. The monoisotopic (exact) mass is 401 g/mol. The smallest absolute Gasteiger partial charge is 0.414 e. The van der Waals surface area contributed by atoms with E-state index in [1.165, 1.54) is 11.0 Å². The van der Waals surface area contributed by atoms with E-state index in [9.17, 15) is 14.0 Å². The van der Waals surface area contributed by atoms with Crippen LogP contribution in [0.5, 0.6) is 0 Å². The molecular weight excluding hydrogens is 377 g/mol. The zero-order valence-corrected chi connectivity index (χ0v) is 16.1. The van der Waals surface area contributed by atoms with Crippen LogP contribution in [0.25, 0.3) is 0 Å². The molecule has 1 aromatic carbocycles. The molecule has 1 aliphatic carbocycles. The van der Waals surface area contributed by atoms with E-state index in [-0.39, 0.29) is 24.8 Å². The van der Waals surface area contributed by atoms with Crippen molar-refractivity contribution in [2.45, 2.75) is 18.9 Å². The van der Waals surface area contributed by atoms with Gasteiger partial charge >= 0.3 is 6.09 Å². The lowest BCUT2D eigenvalue weighted by molar-refractivity contribution is -0.118. The molecule has 0 bridgehead atoms. The molecule has 1 atom stereocenters. The van der Waals surface area contributed by atoms with Gasteiger partial charge in [0, 0.05) is 18.7 Å². The average molecular weight is 401 g/mol. The lowest BCUT2D eigenvalue weighted by Crippen LogP contribution is -2.37. The van der Waals surface area contributed by atoms with E-state index in [4.69, 9.17) is 9.47 Å². The van der Waals surface area contributed by atoms with Gasteiger partial charge < -0.3 is 19.7 Å². The molecule has 3 aliphatic rings. The maximum Gasteiger partial charge on any atom is 0.414 e. The highest BCUT2D eigenvalue weighted by molar-refractivity contribution is 5.94. The second-order valence-corrected chi connectivity index (χ2v) is 7.22. The van der Waals surface area contributed by atoms with Crippen molar-refractivity contribution in [3.8, 4) is 0 Å². The third-order valence-electron chi connectivity index (χ3n) is 5.26. The van der Waals surface area contributed by atoms with Gasteiger partial charge in [-0.15, -0.1) is 0 Å². The van der Waals surface area contributed by atoms with Crippen molar-refractivity contribution in [2.24, 2.45) is 0 Å². The first kappa shape index (κ1) is 19.4. The molecule has 2 amide bonds. The number of morpholine rings is 1. The minimum atomic E-state index is -0.539. The Labute approximate surface area is 168 Å². The van der Waals surface area contributed by atoms with E-state index in [0.29, 0.717) is 44.1 Å². The van der Waals surface area contributed by atoms with Crippen LogP contribution < -0.4 is 15.1 Å². The maximum absolute atomic E-state index is 14.6. The molecule has 0 spiro atoms. The zero-order valence-electron chi connectivity index (χ0n) is 16.1. The summed E-state index contributed by atoms with van der Waals surface area (Å²) < 4.78 is 25.3. The third-order valence-corrected chi connectivity index (χ3v) is 5.26. The van der Waals surface area contributed by atoms with E-state index in [1.807, 2.05) is 17.1 Å². The molecule has 154 valence electrons. The number of allylic oxidation sites excluding steroid dienone is 3. The number of anilines is 2. The van der Waals surface area contributed by atoms with Gasteiger partial charge in [0.2, 0.25) is 5.91 Å². The Balaban J connectivity index is 1.36. The number of rotatable bonds is 5. The summed E-state index contributed by atoms with van der Waals surface area (Å²) in [7, 11) is 0. The molecule has 2 fully saturated rings. The molecule has 2 heterocycles. The van der Waals surface area contributed by atoms with Crippen LogP contribution in [0, 0.1) is 5.82 Å². The second kappa shape index (κ2) is 8.65. The number of cyclic esters (lactones) is 1. The van der Waals surface area contributed by atoms with Gasteiger partial charge in [-0.1, -0.05) is 18.2 Å². The molecule has 1 N–H and O–H groups in total. The van der Waals surface area contributed by atoms with Gasteiger partial charge in [0.05, 0.1) is 37.7 Å². The highest BCUT2D eigenvalue weighted by Gasteiger charge is 2.33. The van der Waals surface area contributed by atoms with Gasteiger partial charge in [0.25, 0.3) is 0 Å². The van der Waals surface area contributed by atoms with Crippen LogP contribution in [0.3, 0.4) is 0 Å². The Bertz CT molecular complexity index is 848. The quantitative estimate of drug-likeness (QED) is 0.820. The minimum absolute atomic E-state index is 0.148. The molecular formula is C21H24FN3O4. The normalized spacial score (nSPS) is 21.8. The van der Waals surface area contributed by atoms with Crippen molar-refractivity contribution < 1.29 is 23.5 Å². The molecule has 0 aromatic heterocycles. The Morgan fingerprint density at radius 3 is 2.83 bits per heavy atom. The van der Waals surface area contributed by atoms with Crippen LogP contribution in [0.2, 0.25) is 0 Å². The number of hydrogen-bond acceptors (Lipinski definition) is 5. The minimum Gasteiger partial charge on any atom is -0.442 e. The van der Waals surface area contributed by atoms with Crippen LogP contribution in [-0.4, -0.2) is 57.5 Å². The van der Waals surface area contributed by atoms with Gasteiger partial charge in [0.15, 0.2) is 0 Å². The van der Waals surface area contributed by atoms with E-state index >= 15 is 0 Å². The number of nitrogens with one attached hydrogen (secondary N) is 1. The van der Waals surface area contributed by atoms with Gasteiger partial charge in [-0.3, -0.25) is 9.69 Å². The molecule has 2 saturated heterocycles. The maximum atomic E-state index is 14.6. The first-order valence-corrected chi connectivity index (χ1v) is 9.86. The Morgan fingerprint density at radius 2 is 2.10 bits per heavy atom. The van der Waals surface area contributed by atoms with E-state index < -0.39 is 12.2 Å². The summed E-state index contributed by atoms with van der Waals surface area (Å²) in [5.41, 5.74) is 1.66. The summed E-state index contributed by atoms with van der Waals surface area (Å²) in [6, 6.07) is 4.75. The highest BCUT2D eigenvalue weighted by Crippen LogP contribution is 2.28. The Morgan fingerprint density at radius 1 is 1.28 bits per heavy atom. The molecule has 8 heteroatoms. The van der Waals surface area contributed by atoms with Gasteiger partial charge in [-0.05, 0) is 31.0 Å². The van der Waals surface area contributed by atoms with Crippen molar-refractivity contribution in [1.29, 1.82) is 0 Å². The summed E-state index contributed by atoms with van der Waals surface area (Å²) in [5, 5.41) is 2.81. The topological polar surface area (TPSA) is 71.1 Å². The van der Waals surface area contributed by atoms with Gasteiger partial charge in [-0.25, -0.2) is 9.18 Å². The Hall–Kier alpha value is -2.87.